The molecule has 0 spiro atoms. The lowest BCUT2D eigenvalue weighted by atomic mass is 9.96. The Morgan fingerprint density at radius 1 is 0.640 bits per heavy atom. The van der Waals surface area contributed by atoms with Crippen molar-refractivity contribution < 1.29 is 118 Å². The molecule has 3 rings (SSSR count). The van der Waals surface area contributed by atoms with Gasteiger partial charge in [0.1, 0.15) is 49.0 Å². The zero-order chi connectivity index (χ0) is 64.3. The third kappa shape index (κ3) is 25.5. The van der Waals surface area contributed by atoms with Gasteiger partial charge in [0.2, 0.25) is 29.5 Å². The van der Waals surface area contributed by atoms with Gasteiger partial charge in [-0.15, -0.1) is 0 Å². The molecule has 1 aliphatic heterocycles. The fraction of sp³-hybridized carbons (Fsp3) is 0.566. The highest BCUT2D eigenvalue weighted by atomic mass is 31.2. The van der Waals surface area contributed by atoms with E-state index in [2.05, 4.69) is 36.6 Å². The quantitative estimate of drug-likeness (QED) is 0.0130. The molecule has 33 heteroatoms. The second-order valence-electron chi connectivity index (χ2n) is 19.2. The van der Waals surface area contributed by atoms with Gasteiger partial charge < -0.3 is 60.9 Å². The third-order valence-corrected chi connectivity index (χ3v) is 13.5. The molecule has 0 aromatic heterocycles. The van der Waals surface area contributed by atoms with Crippen LogP contribution in [0.25, 0.3) is 0 Å². The van der Waals surface area contributed by atoms with E-state index >= 15 is 0 Å². The molecule has 86 heavy (non-hydrogen) atoms. The number of alkyl halides is 3. The lowest BCUT2D eigenvalue weighted by Gasteiger charge is -2.45. The molecule has 0 unspecified atom stereocenters. The molecule has 7 amide bonds. The van der Waals surface area contributed by atoms with Crippen LogP contribution in [0.5, 0.6) is 0 Å². The second kappa shape index (κ2) is 35.8. The number of benzene rings is 2. The molecule has 0 aliphatic carbocycles. The molecule has 1 fully saturated rings. The first-order valence-corrected chi connectivity index (χ1v) is 28.2. The zero-order valence-corrected chi connectivity index (χ0v) is 49.4. The normalized spacial score (nSPS) is 18.8. The number of ether oxygens (including phenoxy) is 5. The summed E-state index contributed by atoms with van der Waals surface area (Å²) in [6, 6.07) is 8.33. The number of carbonyl (C=O) groups excluding carboxylic acids is 11. The van der Waals surface area contributed by atoms with Crippen molar-refractivity contribution in [1.82, 2.24) is 37.2 Å². The number of nitrogens with one attached hydrogen (secondary N) is 7. The summed E-state index contributed by atoms with van der Waals surface area (Å²) in [6.45, 7) is 6.30. The summed E-state index contributed by atoms with van der Waals surface area (Å²) < 4.78 is 96.4. The van der Waals surface area contributed by atoms with E-state index in [1.54, 1.807) is 66.0 Å². The summed E-state index contributed by atoms with van der Waals surface area (Å²) in [6.07, 6.45) is -15.2. The molecule has 1 heterocycles. The minimum atomic E-state index is -5.15. The number of hydrogen-bond donors (Lipinski definition) is 7. The molecule has 11 atom stereocenters. The molecule has 2 aromatic carbocycles. The number of halogens is 3. The number of hydrogen-bond acceptors (Lipinski definition) is 22. The predicted molar refractivity (Wildman–Crippen MR) is 288 cm³/mol. The SMILES string of the molecule is COC(=O)[C@@H](C)NC(=O)[C@@H](C)NC(=O)[C@H](CCCCNC(=O)C(F)(F)F)NC(=O)CC[C@@H](NC(=O)[C@H](C)NC(=O)[C@@H](C)OO[C@@H]1[C@@H](NC(C)=O)[C@@H](OP(=O)(OCc2ccccc2)OCc2ccccc2)O[C@H](COC(C)=O)[C@H]1OC(C)=O)C(=O)OC. The number of unbranched alkanes of at least 4 members (excludes halogenated alkanes) is 1. The van der Waals surface area contributed by atoms with Gasteiger partial charge in [0.05, 0.1) is 27.4 Å². The maximum absolute atomic E-state index is 14.6. The van der Waals surface area contributed by atoms with Gasteiger partial charge in [-0.2, -0.15) is 13.2 Å². The van der Waals surface area contributed by atoms with Crippen LogP contribution in [0.15, 0.2) is 60.7 Å². The maximum atomic E-state index is 14.6. The first-order valence-electron chi connectivity index (χ1n) is 26.7. The predicted octanol–water partition coefficient (Wildman–Crippen LogP) is 1.43. The minimum Gasteiger partial charge on any atom is -0.467 e. The van der Waals surface area contributed by atoms with Crippen molar-refractivity contribution in [3.05, 3.63) is 71.8 Å². The summed E-state index contributed by atoms with van der Waals surface area (Å²) in [7, 11) is -2.73. The fourth-order valence-corrected chi connectivity index (χ4v) is 8.91. The Hall–Kier alpha value is -7.61. The van der Waals surface area contributed by atoms with Crippen LogP contribution in [-0.2, 0) is 118 Å². The van der Waals surface area contributed by atoms with Crippen LogP contribution in [0.3, 0.4) is 0 Å². The molecule has 0 radical (unpaired) electrons. The van der Waals surface area contributed by atoms with Crippen molar-refractivity contribution in [3.8, 4) is 0 Å². The smallest absolute Gasteiger partial charge is 0.467 e. The van der Waals surface area contributed by atoms with E-state index in [0.29, 0.717) is 11.1 Å². The number of amides is 7. The third-order valence-electron chi connectivity index (χ3n) is 12.1. The number of phosphoric ester groups is 1. The van der Waals surface area contributed by atoms with Crippen LogP contribution in [0.4, 0.5) is 13.2 Å². The molecule has 1 aliphatic rings. The first kappa shape index (κ1) is 72.6. The van der Waals surface area contributed by atoms with Crippen molar-refractivity contribution >= 4 is 73.1 Å². The molecular weight excluding hydrogens is 1170 g/mol. The van der Waals surface area contributed by atoms with Crippen molar-refractivity contribution in [2.45, 2.75) is 167 Å². The lowest BCUT2D eigenvalue weighted by molar-refractivity contribution is -0.385. The number of methoxy groups -OCH3 is 2. The summed E-state index contributed by atoms with van der Waals surface area (Å²) in [5, 5.41) is 16.0. The standard InChI is InChI=1S/C53H73F3N7O22P/c1-29(45(68)60-31(3)49(72)76-8)59-48(71)38(22-16-17-25-57-52(74)53(54,55)56)62-41(67)24-23-39(50(73)77-9)63-46(69)30(2)58-47(70)32(4)83-84-44-42(61-33(5)64)51(82-40(28-78-34(6)65)43(44)81-35(7)66)85-86(75,79-26-36-18-12-10-13-19-36)80-27-37-20-14-11-15-21-37/h10-15,18-21,29-32,38-40,42-44,51H,16-17,22-28H2,1-9H3,(H,57,74)(H,58,70)(H,59,71)(H,60,68)(H,61,64)(H,62,67)(H,63,69)/t29-,30+,31-,32-,38+,39-,40-,42-,43-,44-,51-/m1/s1. The van der Waals surface area contributed by atoms with Gasteiger partial charge >= 0.3 is 43.8 Å². The number of phosphoric acid groups is 1. The van der Waals surface area contributed by atoms with E-state index in [4.69, 9.17) is 42.3 Å². The van der Waals surface area contributed by atoms with Crippen LogP contribution in [-0.4, -0.2) is 166 Å². The van der Waals surface area contributed by atoms with Crippen LogP contribution in [0.2, 0.25) is 0 Å². The van der Waals surface area contributed by atoms with Crippen molar-refractivity contribution in [2.24, 2.45) is 0 Å². The fourth-order valence-electron chi connectivity index (χ4n) is 7.66. The van der Waals surface area contributed by atoms with Crippen LogP contribution >= 0.6 is 7.82 Å². The molecule has 1 saturated heterocycles. The molecule has 0 bridgehead atoms. The average Bonchev–Trinajstić information content (AvgIpc) is 1.78. The van der Waals surface area contributed by atoms with E-state index in [1.165, 1.54) is 20.8 Å². The number of rotatable bonds is 34. The monoisotopic (exact) mass is 1250 g/mol. The van der Waals surface area contributed by atoms with E-state index in [-0.39, 0.29) is 32.5 Å². The van der Waals surface area contributed by atoms with Crippen molar-refractivity contribution in [2.75, 3.05) is 27.4 Å². The Kier molecular flexibility index (Phi) is 30.2. The molecule has 2 aromatic rings. The van der Waals surface area contributed by atoms with E-state index in [9.17, 15) is 70.5 Å². The zero-order valence-electron chi connectivity index (χ0n) is 48.6. The van der Waals surface area contributed by atoms with E-state index < -0.39 is 172 Å². The molecule has 29 nitrogen and oxygen atoms in total. The Labute approximate surface area is 492 Å². The average molecular weight is 1250 g/mol. The summed E-state index contributed by atoms with van der Waals surface area (Å²) >= 11 is 0. The second-order valence-corrected chi connectivity index (χ2v) is 20.8. The van der Waals surface area contributed by atoms with E-state index in [1.807, 2.05) is 0 Å². The first-order chi connectivity index (χ1) is 40.5. The van der Waals surface area contributed by atoms with Crippen molar-refractivity contribution in [3.63, 3.8) is 0 Å². The van der Waals surface area contributed by atoms with Gasteiger partial charge in [-0.1, -0.05) is 60.7 Å². The Morgan fingerprint density at radius 2 is 1.19 bits per heavy atom. The van der Waals surface area contributed by atoms with Crippen LogP contribution < -0.4 is 37.2 Å². The van der Waals surface area contributed by atoms with Crippen molar-refractivity contribution in [1.29, 1.82) is 0 Å². The van der Waals surface area contributed by atoms with Crippen LogP contribution in [0.1, 0.15) is 91.7 Å². The summed E-state index contributed by atoms with van der Waals surface area (Å²) in [4.78, 5) is 151. The molecule has 0 saturated carbocycles. The van der Waals surface area contributed by atoms with Gasteiger partial charge in [0.15, 0.2) is 24.6 Å². The maximum Gasteiger partial charge on any atom is 0.477 e. The molecule has 7 N–H and O–H groups in total. The topological polar surface area (TPSA) is 381 Å². The highest BCUT2D eigenvalue weighted by molar-refractivity contribution is 7.48. The van der Waals surface area contributed by atoms with Crippen LogP contribution in [0, 0.1) is 0 Å². The van der Waals surface area contributed by atoms with Gasteiger partial charge in [0.25, 0.3) is 5.91 Å². The Balaban J connectivity index is 1.80. The van der Waals surface area contributed by atoms with Gasteiger partial charge in [-0.3, -0.25) is 56.7 Å². The number of esters is 4. The summed E-state index contributed by atoms with van der Waals surface area (Å²) in [5.41, 5.74) is 1.09. The van der Waals surface area contributed by atoms with Gasteiger partial charge in [-0.05, 0) is 64.5 Å². The largest absolute Gasteiger partial charge is 0.477 e. The highest BCUT2D eigenvalue weighted by Crippen LogP contribution is 2.53. The molecular formula is C53H73F3N7O22P. The lowest BCUT2D eigenvalue weighted by Crippen LogP contribution is -2.66. The Morgan fingerprint density at radius 3 is 1.71 bits per heavy atom. The number of carbonyl (C=O) groups is 11. The van der Waals surface area contributed by atoms with E-state index in [0.717, 1.165) is 41.9 Å². The van der Waals surface area contributed by atoms with Gasteiger partial charge in [0, 0.05) is 33.7 Å². The summed E-state index contributed by atoms with van der Waals surface area (Å²) in [5.74, 6) is -11.3. The molecule has 478 valence electrons. The highest BCUT2D eigenvalue weighted by Gasteiger charge is 2.54. The minimum absolute atomic E-state index is 0.0478. The Bertz CT molecular complexity index is 2630. The van der Waals surface area contributed by atoms with Gasteiger partial charge in [-0.25, -0.2) is 23.9 Å².